The lowest BCUT2D eigenvalue weighted by atomic mass is 9.87. The predicted octanol–water partition coefficient (Wildman–Crippen LogP) is 5.20. The van der Waals surface area contributed by atoms with Crippen molar-refractivity contribution in [1.82, 2.24) is 14.1 Å². The first kappa shape index (κ1) is 24.9. The first-order valence-corrected chi connectivity index (χ1v) is 15.3. The third kappa shape index (κ3) is 4.12. The molecule has 3 aliphatic rings. The van der Waals surface area contributed by atoms with Crippen molar-refractivity contribution in [3.63, 3.8) is 0 Å². The zero-order valence-electron chi connectivity index (χ0n) is 22.0. The Kier molecular flexibility index (Phi) is 5.91. The highest BCUT2D eigenvalue weighted by Gasteiger charge is 2.71. The van der Waals surface area contributed by atoms with Gasteiger partial charge in [0.25, 0.3) is 0 Å². The Balaban J connectivity index is 1.26. The molecule has 0 radical (unpaired) electrons. The molecule has 6 nitrogen and oxygen atoms in total. The zero-order chi connectivity index (χ0) is 26.8. The van der Waals surface area contributed by atoms with Crippen LogP contribution in [0.25, 0.3) is 16.6 Å². The Morgan fingerprint density at radius 2 is 1.79 bits per heavy atom. The average molecular weight is 546 g/mol. The fraction of sp³-hybridized carbons (Fsp3) is 0.387. The fourth-order valence-corrected chi connectivity index (χ4v) is 9.15. The number of rotatable bonds is 6. The van der Waals surface area contributed by atoms with E-state index in [9.17, 15) is 12.8 Å². The lowest BCUT2D eigenvalue weighted by Crippen LogP contribution is -2.38. The van der Waals surface area contributed by atoms with Gasteiger partial charge in [-0.15, -0.1) is 0 Å². The second-order valence-electron chi connectivity index (χ2n) is 11.4. The summed E-state index contributed by atoms with van der Waals surface area (Å²) in [5, 5.41) is 5.61. The zero-order valence-corrected chi connectivity index (χ0v) is 22.8. The second kappa shape index (κ2) is 9.25. The number of benzene rings is 3. The van der Waals surface area contributed by atoms with Gasteiger partial charge in [-0.3, -0.25) is 0 Å². The maximum Gasteiger partial charge on any atom is 0.214 e. The summed E-state index contributed by atoms with van der Waals surface area (Å²) in [6.07, 6.45) is 3.46. The van der Waals surface area contributed by atoms with Crippen LogP contribution in [-0.4, -0.2) is 54.6 Å². The van der Waals surface area contributed by atoms with E-state index in [-0.39, 0.29) is 34.7 Å². The van der Waals surface area contributed by atoms with E-state index in [1.807, 2.05) is 16.9 Å². The molecule has 39 heavy (non-hydrogen) atoms. The summed E-state index contributed by atoms with van der Waals surface area (Å²) in [7, 11) is -3.37. The van der Waals surface area contributed by atoms with Gasteiger partial charge in [0.15, 0.2) is 0 Å². The number of ether oxygens (including phenoxy) is 1. The number of hydrogen-bond acceptors (Lipinski definition) is 4. The van der Waals surface area contributed by atoms with Crippen molar-refractivity contribution in [1.29, 1.82) is 0 Å². The molecule has 1 saturated carbocycles. The highest BCUT2D eigenvalue weighted by atomic mass is 32.2. The van der Waals surface area contributed by atoms with Crippen molar-refractivity contribution in [3.05, 3.63) is 95.4 Å². The van der Waals surface area contributed by atoms with Crippen LogP contribution in [0.4, 0.5) is 4.39 Å². The summed E-state index contributed by atoms with van der Waals surface area (Å²) in [6.45, 7) is 4.46. The number of hydrogen-bond donors (Lipinski definition) is 0. The van der Waals surface area contributed by atoms with E-state index >= 15 is 0 Å². The number of sulfonamides is 1. The van der Waals surface area contributed by atoms with Crippen molar-refractivity contribution < 1.29 is 17.5 Å². The average Bonchev–Trinajstić information content (AvgIpc) is 3.20. The molecule has 1 aromatic heterocycles. The topological polar surface area (TPSA) is 64.4 Å². The van der Waals surface area contributed by atoms with E-state index in [0.29, 0.717) is 26.3 Å². The number of halogens is 1. The molecular weight excluding hydrogens is 513 g/mol. The van der Waals surface area contributed by atoms with Gasteiger partial charge in [0.1, 0.15) is 5.82 Å². The normalized spacial score (nSPS) is 25.7. The largest absolute Gasteiger partial charge is 0.381 e. The first-order chi connectivity index (χ1) is 18.9. The van der Waals surface area contributed by atoms with Crippen LogP contribution in [0.1, 0.15) is 35.4 Å². The molecule has 2 saturated heterocycles. The highest BCUT2D eigenvalue weighted by molar-refractivity contribution is 7.89. The standard InChI is InChI=1S/C31H32FN3O3S/c1-21-15-29-24(17-33-35(29)26-9-7-25(32)8-10-26)16-27(21)31-20-34(39(36,37)19-22-11-13-38-14-12-22)18-28(31)30(31)23-5-3-2-4-6-23/h2-10,15-17,22,28,30H,11-14,18-20H2,1H3. The molecular formula is C31H32FN3O3S. The summed E-state index contributed by atoms with van der Waals surface area (Å²) in [6, 6.07) is 21.2. The van der Waals surface area contributed by atoms with Crippen molar-refractivity contribution >= 4 is 20.9 Å². The lowest BCUT2D eigenvalue weighted by molar-refractivity contribution is 0.0720. The van der Waals surface area contributed by atoms with Crippen molar-refractivity contribution in [2.45, 2.75) is 31.1 Å². The van der Waals surface area contributed by atoms with Crippen molar-refractivity contribution in [2.75, 3.05) is 32.1 Å². The molecule has 3 unspecified atom stereocenters. The smallest absolute Gasteiger partial charge is 0.214 e. The molecule has 1 aliphatic carbocycles. The van der Waals surface area contributed by atoms with E-state index in [1.54, 1.807) is 16.4 Å². The van der Waals surface area contributed by atoms with Gasteiger partial charge in [0.05, 0.1) is 23.2 Å². The van der Waals surface area contributed by atoms with Gasteiger partial charge in [-0.05, 0) is 84.7 Å². The molecule has 202 valence electrons. The SMILES string of the molecule is Cc1cc2c(cnn2-c2ccc(F)cc2)cc1C12CN(S(=O)(=O)CC3CCOCC3)CC1C2c1ccccc1. The van der Waals surface area contributed by atoms with Crippen LogP contribution in [-0.2, 0) is 20.2 Å². The summed E-state index contributed by atoms with van der Waals surface area (Å²) >= 11 is 0. The van der Waals surface area contributed by atoms with Crippen LogP contribution < -0.4 is 0 Å². The molecule has 0 N–H and O–H groups in total. The van der Waals surface area contributed by atoms with E-state index in [4.69, 9.17) is 4.74 Å². The van der Waals surface area contributed by atoms with Crippen LogP contribution in [0.5, 0.6) is 0 Å². The molecule has 7 rings (SSSR count). The van der Waals surface area contributed by atoms with Crippen LogP contribution in [0, 0.1) is 24.6 Å². The number of nitrogens with zero attached hydrogens (tertiary/aromatic N) is 3. The van der Waals surface area contributed by atoms with Crippen molar-refractivity contribution in [2.24, 2.45) is 11.8 Å². The summed E-state index contributed by atoms with van der Waals surface area (Å²) in [4.78, 5) is 0. The maximum absolute atomic E-state index is 13.6. The summed E-state index contributed by atoms with van der Waals surface area (Å²) in [5.74, 6) is 0.593. The molecule has 4 aromatic rings. The third-order valence-electron chi connectivity index (χ3n) is 9.17. The minimum atomic E-state index is -3.37. The van der Waals surface area contributed by atoms with Gasteiger partial charge >= 0.3 is 0 Å². The highest BCUT2D eigenvalue weighted by Crippen LogP contribution is 2.70. The number of aryl methyl sites for hydroxylation is 1. The van der Waals surface area contributed by atoms with E-state index < -0.39 is 10.0 Å². The van der Waals surface area contributed by atoms with Gasteiger partial charge in [0.2, 0.25) is 10.0 Å². The van der Waals surface area contributed by atoms with Crippen LogP contribution in [0.2, 0.25) is 0 Å². The van der Waals surface area contributed by atoms with Gasteiger partial charge in [-0.1, -0.05) is 30.3 Å². The minimum Gasteiger partial charge on any atom is -0.381 e. The quantitative estimate of drug-likeness (QED) is 0.334. The minimum absolute atomic E-state index is 0.164. The summed E-state index contributed by atoms with van der Waals surface area (Å²) < 4.78 is 49.8. The van der Waals surface area contributed by atoms with Crippen molar-refractivity contribution in [3.8, 4) is 5.69 Å². The molecule has 0 amide bonds. The second-order valence-corrected chi connectivity index (χ2v) is 13.4. The molecule has 3 heterocycles. The molecule has 2 aliphatic heterocycles. The number of aromatic nitrogens is 2. The van der Waals surface area contributed by atoms with Gasteiger partial charge < -0.3 is 4.74 Å². The molecule has 3 fully saturated rings. The molecule has 3 atom stereocenters. The third-order valence-corrected chi connectivity index (χ3v) is 11.1. The number of fused-ring (bicyclic) bond motifs is 2. The molecule has 0 bridgehead atoms. The monoisotopic (exact) mass is 545 g/mol. The summed E-state index contributed by atoms with van der Waals surface area (Å²) in [5.41, 5.74) is 5.09. The van der Waals surface area contributed by atoms with E-state index in [2.05, 4.69) is 48.4 Å². The Morgan fingerprint density at radius 1 is 1.05 bits per heavy atom. The number of piperidine rings is 1. The van der Waals surface area contributed by atoms with Crippen LogP contribution >= 0.6 is 0 Å². The predicted molar refractivity (Wildman–Crippen MR) is 149 cm³/mol. The van der Waals surface area contributed by atoms with Gasteiger partial charge in [-0.2, -0.15) is 5.10 Å². The molecule has 3 aromatic carbocycles. The lowest BCUT2D eigenvalue weighted by Gasteiger charge is -2.28. The molecule has 0 spiro atoms. The maximum atomic E-state index is 13.6. The Morgan fingerprint density at radius 3 is 2.54 bits per heavy atom. The van der Waals surface area contributed by atoms with Crippen LogP contribution in [0.3, 0.4) is 0 Å². The van der Waals surface area contributed by atoms with Gasteiger partial charge in [0, 0.05) is 43.0 Å². The first-order valence-electron chi connectivity index (χ1n) is 13.7. The van der Waals surface area contributed by atoms with E-state index in [1.165, 1.54) is 23.3 Å². The fourth-order valence-electron chi connectivity index (χ4n) is 7.22. The molecule has 8 heteroatoms. The Hall–Kier alpha value is -3.07. The Bertz CT molecular complexity index is 1630. The van der Waals surface area contributed by atoms with Gasteiger partial charge in [-0.25, -0.2) is 21.8 Å². The van der Waals surface area contributed by atoms with E-state index in [0.717, 1.165) is 35.0 Å². The Labute approximate surface area is 228 Å². The van der Waals surface area contributed by atoms with Crippen LogP contribution in [0.15, 0.2) is 72.9 Å².